The number of anilines is 1. The monoisotopic (exact) mass is 406 g/mol. The van der Waals surface area contributed by atoms with Crippen LogP contribution in [0.25, 0.3) is 11.2 Å². The van der Waals surface area contributed by atoms with Crippen molar-refractivity contribution in [2.75, 3.05) is 51.0 Å². The highest BCUT2D eigenvalue weighted by Crippen LogP contribution is 2.24. The number of halogens is 2. The van der Waals surface area contributed by atoms with Gasteiger partial charge in [0.2, 0.25) is 9.84 Å². The van der Waals surface area contributed by atoms with Gasteiger partial charge in [-0.15, -0.1) is 0 Å². The van der Waals surface area contributed by atoms with E-state index in [4.69, 9.17) is 27.9 Å². The molecule has 0 aromatic carbocycles. The normalized spacial score (nSPS) is 16.3. The average molecular weight is 407 g/mol. The number of nitrogens with one attached hydrogen (secondary N) is 1. The van der Waals surface area contributed by atoms with Gasteiger partial charge in [0.1, 0.15) is 0 Å². The van der Waals surface area contributed by atoms with Crippen molar-refractivity contribution < 1.29 is 13.2 Å². The van der Waals surface area contributed by atoms with Crippen molar-refractivity contribution in [3.05, 3.63) is 10.3 Å². The Hall–Kier alpha value is -1.33. The summed E-state index contributed by atoms with van der Waals surface area (Å²) in [4.78, 5) is 18.3. The van der Waals surface area contributed by atoms with Crippen molar-refractivity contribution in [3.8, 4) is 0 Å². The predicted molar refractivity (Wildman–Crippen MR) is 94.0 cm³/mol. The lowest BCUT2D eigenvalue weighted by Crippen LogP contribution is -2.39. The van der Waals surface area contributed by atoms with E-state index in [1.807, 2.05) is 0 Å². The number of hydrogen-bond donors (Lipinski definition) is 1. The summed E-state index contributed by atoms with van der Waals surface area (Å²) in [5.41, 5.74) is 0.336. The van der Waals surface area contributed by atoms with Gasteiger partial charge in [-0.3, -0.25) is 4.90 Å². The quantitative estimate of drug-likeness (QED) is 0.722. The van der Waals surface area contributed by atoms with Crippen molar-refractivity contribution in [1.82, 2.24) is 24.8 Å². The Bertz CT molecular complexity index is 889. The van der Waals surface area contributed by atoms with E-state index in [-0.39, 0.29) is 32.4 Å². The summed E-state index contributed by atoms with van der Waals surface area (Å²) in [6.45, 7) is 4.39. The molecule has 3 heterocycles. The van der Waals surface area contributed by atoms with Gasteiger partial charge in [-0.2, -0.15) is 9.97 Å². The molecule has 0 amide bonds. The molecule has 1 aliphatic heterocycles. The number of ether oxygens (including phenoxy) is 1. The highest BCUT2D eigenvalue weighted by atomic mass is 35.5. The fourth-order valence-corrected chi connectivity index (χ4v) is 3.09. The van der Waals surface area contributed by atoms with Gasteiger partial charge in [0.25, 0.3) is 5.16 Å². The Morgan fingerprint density at radius 3 is 2.48 bits per heavy atom. The third-order valence-corrected chi connectivity index (χ3v) is 5.05. The molecule has 136 valence electrons. The van der Waals surface area contributed by atoms with Gasteiger partial charge in [-0.25, -0.2) is 18.4 Å². The van der Waals surface area contributed by atoms with Crippen LogP contribution in [0.1, 0.15) is 0 Å². The van der Waals surface area contributed by atoms with Gasteiger partial charge in [0.05, 0.1) is 13.2 Å². The molecule has 0 atom stereocenters. The molecule has 1 N–H and O–H groups in total. The van der Waals surface area contributed by atoms with E-state index in [1.54, 1.807) is 0 Å². The lowest BCUT2D eigenvalue weighted by atomic mass is 10.4. The Kier molecular flexibility index (Phi) is 5.54. The average Bonchev–Trinajstić information content (AvgIpc) is 2.56. The zero-order valence-electron chi connectivity index (χ0n) is 13.4. The molecular weight excluding hydrogens is 391 g/mol. The predicted octanol–water partition coefficient (Wildman–Crippen LogP) is 0.874. The van der Waals surface area contributed by atoms with Crippen LogP contribution in [0.3, 0.4) is 0 Å². The Morgan fingerprint density at radius 2 is 1.80 bits per heavy atom. The van der Waals surface area contributed by atoms with Gasteiger partial charge in [-0.1, -0.05) is 23.2 Å². The second-order valence-corrected chi connectivity index (χ2v) is 8.11. The molecule has 9 nitrogen and oxygen atoms in total. The summed E-state index contributed by atoms with van der Waals surface area (Å²) < 4.78 is 28.9. The number of hydrogen-bond acceptors (Lipinski definition) is 9. The third kappa shape index (κ3) is 4.45. The van der Waals surface area contributed by atoms with E-state index < -0.39 is 9.84 Å². The smallest absolute Gasteiger partial charge is 0.250 e. The highest BCUT2D eigenvalue weighted by Gasteiger charge is 2.19. The maximum atomic E-state index is 11.8. The van der Waals surface area contributed by atoms with Crippen LogP contribution in [0.4, 0.5) is 5.82 Å². The summed E-state index contributed by atoms with van der Waals surface area (Å²) in [7, 11) is -3.62. The largest absolute Gasteiger partial charge is 0.379 e. The minimum atomic E-state index is -3.62. The van der Waals surface area contributed by atoms with Crippen LogP contribution in [0, 0.1) is 0 Å². The molecule has 25 heavy (non-hydrogen) atoms. The van der Waals surface area contributed by atoms with E-state index in [2.05, 4.69) is 30.2 Å². The fraction of sp³-hybridized carbons (Fsp3) is 0.538. The number of nitrogens with zero attached hydrogens (tertiary/aromatic N) is 5. The highest BCUT2D eigenvalue weighted by molar-refractivity contribution is 7.90. The van der Waals surface area contributed by atoms with Crippen molar-refractivity contribution in [3.63, 3.8) is 0 Å². The van der Waals surface area contributed by atoms with E-state index in [1.165, 1.54) is 0 Å². The fourth-order valence-electron chi connectivity index (χ4n) is 2.33. The Balaban J connectivity index is 1.89. The van der Waals surface area contributed by atoms with Crippen molar-refractivity contribution in [1.29, 1.82) is 0 Å². The molecule has 12 heteroatoms. The zero-order chi connectivity index (χ0) is 18.0. The molecule has 1 fully saturated rings. The summed E-state index contributed by atoms with van der Waals surface area (Å²) in [5, 5.41) is 2.70. The summed E-state index contributed by atoms with van der Waals surface area (Å²) >= 11 is 11.8. The van der Waals surface area contributed by atoms with Crippen molar-refractivity contribution >= 4 is 50.0 Å². The minimum absolute atomic E-state index is 0.00102. The van der Waals surface area contributed by atoms with E-state index in [0.717, 1.165) is 25.9 Å². The molecule has 0 saturated carbocycles. The zero-order valence-corrected chi connectivity index (χ0v) is 15.7. The first kappa shape index (κ1) is 18.5. The minimum Gasteiger partial charge on any atom is -0.379 e. The standard InChI is InChI=1S/C13H16Cl2N6O3S/c1-25(22,23)13-19-11(16-2-3-21-4-6-24-7-5-21)8-12(20-13)18-10(15)9(14)17-8/h2-7H2,1H3,(H,16,18,19,20). The van der Waals surface area contributed by atoms with Crippen LogP contribution in [-0.4, -0.2) is 78.9 Å². The second-order valence-electron chi connectivity index (χ2n) is 5.49. The number of aromatic nitrogens is 4. The van der Waals surface area contributed by atoms with Gasteiger partial charge in [0.15, 0.2) is 27.3 Å². The lowest BCUT2D eigenvalue weighted by molar-refractivity contribution is 0.0398. The van der Waals surface area contributed by atoms with Crippen LogP contribution >= 0.6 is 23.2 Å². The van der Waals surface area contributed by atoms with Crippen molar-refractivity contribution in [2.45, 2.75) is 5.16 Å². The van der Waals surface area contributed by atoms with E-state index in [0.29, 0.717) is 19.8 Å². The molecule has 0 unspecified atom stereocenters. The maximum Gasteiger partial charge on any atom is 0.250 e. The number of fused-ring (bicyclic) bond motifs is 1. The number of rotatable bonds is 5. The molecule has 0 bridgehead atoms. The summed E-state index contributed by atoms with van der Waals surface area (Å²) in [6.07, 6.45) is 1.02. The van der Waals surface area contributed by atoms with Crippen LogP contribution < -0.4 is 5.32 Å². The van der Waals surface area contributed by atoms with Gasteiger partial charge < -0.3 is 10.1 Å². The van der Waals surface area contributed by atoms with Gasteiger partial charge in [-0.05, 0) is 0 Å². The molecule has 2 aromatic heterocycles. The first-order valence-corrected chi connectivity index (χ1v) is 10.1. The molecule has 1 aliphatic rings. The van der Waals surface area contributed by atoms with E-state index in [9.17, 15) is 8.42 Å². The summed E-state index contributed by atoms with van der Waals surface area (Å²) in [6, 6.07) is 0. The van der Waals surface area contributed by atoms with E-state index >= 15 is 0 Å². The second kappa shape index (κ2) is 7.50. The third-order valence-electron chi connectivity index (χ3n) is 3.59. The Labute approximate surface area is 154 Å². The SMILES string of the molecule is CS(=O)(=O)c1nc(NCCN2CCOCC2)c2nc(Cl)c(Cl)nc2n1. The number of sulfone groups is 1. The lowest BCUT2D eigenvalue weighted by Gasteiger charge is -2.26. The van der Waals surface area contributed by atoms with Crippen LogP contribution in [-0.2, 0) is 14.6 Å². The topological polar surface area (TPSA) is 110 Å². The first-order valence-electron chi connectivity index (χ1n) is 7.49. The van der Waals surface area contributed by atoms with Gasteiger partial charge in [0, 0.05) is 32.4 Å². The molecule has 2 aromatic rings. The molecule has 0 radical (unpaired) electrons. The maximum absolute atomic E-state index is 11.8. The molecule has 3 rings (SSSR count). The molecule has 0 spiro atoms. The molecule has 0 aliphatic carbocycles. The number of morpholine rings is 1. The molecular formula is C13H16Cl2N6O3S. The van der Waals surface area contributed by atoms with Crippen LogP contribution in [0.2, 0.25) is 10.3 Å². The van der Waals surface area contributed by atoms with Gasteiger partial charge >= 0.3 is 0 Å². The van der Waals surface area contributed by atoms with Crippen molar-refractivity contribution in [2.24, 2.45) is 0 Å². The molecule has 1 saturated heterocycles. The summed E-state index contributed by atoms with van der Waals surface area (Å²) in [5.74, 6) is 0.254. The first-order chi connectivity index (χ1) is 11.8. The Morgan fingerprint density at radius 1 is 1.12 bits per heavy atom. The van der Waals surface area contributed by atoms with Crippen LogP contribution in [0.15, 0.2) is 5.16 Å². The van der Waals surface area contributed by atoms with Crippen LogP contribution in [0.5, 0.6) is 0 Å².